The summed E-state index contributed by atoms with van der Waals surface area (Å²) in [5.41, 5.74) is 1.11. The van der Waals surface area contributed by atoms with Gasteiger partial charge < -0.3 is 19.7 Å². The van der Waals surface area contributed by atoms with Crippen molar-refractivity contribution >= 4 is 21.9 Å². The number of esters is 1. The molecule has 1 aromatic rings. The van der Waals surface area contributed by atoms with Crippen molar-refractivity contribution < 1.29 is 24.5 Å². The van der Waals surface area contributed by atoms with E-state index in [1.165, 1.54) is 0 Å². The molecular formula is C23H31BrO5. The van der Waals surface area contributed by atoms with Crippen LogP contribution in [-0.2, 0) is 14.9 Å². The molecule has 2 N–H and O–H groups in total. The maximum absolute atomic E-state index is 12.7. The molecule has 3 rings (SSSR count). The third-order valence-corrected chi connectivity index (χ3v) is 6.89. The molecule has 0 radical (unpaired) electrons. The van der Waals surface area contributed by atoms with Gasteiger partial charge >= 0.3 is 5.97 Å². The molecule has 2 aliphatic rings. The second-order valence-corrected chi connectivity index (χ2v) is 9.88. The van der Waals surface area contributed by atoms with E-state index >= 15 is 0 Å². The number of hydrogen-bond acceptors (Lipinski definition) is 5. The van der Waals surface area contributed by atoms with Crippen LogP contribution < -0.4 is 4.74 Å². The Kier molecular flexibility index (Phi) is 6.35. The molecule has 1 aliphatic carbocycles. The predicted molar refractivity (Wildman–Crippen MR) is 116 cm³/mol. The van der Waals surface area contributed by atoms with Crippen LogP contribution in [0.3, 0.4) is 0 Å². The van der Waals surface area contributed by atoms with E-state index < -0.39 is 11.0 Å². The number of phenols is 1. The van der Waals surface area contributed by atoms with E-state index in [9.17, 15) is 15.0 Å². The van der Waals surface area contributed by atoms with Gasteiger partial charge in [0.2, 0.25) is 0 Å². The van der Waals surface area contributed by atoms with Crippen molar-refractivity contribution in [2.24, 2.45) is 5.92 Å². The van der Waals surface area contributed by atoms with E-state index in [1.54, 1.807) is 19.9 Å². The van der Waals surface area contributed by atoms with E-state index in [1.807, 2.05) is 6.07 Å². The van der Waals surface area contributed by atoms with Crippen molar-refractivity contribution in [1.29, 1.82) is 0 Å². The Morgan fingerprint density at radius 2 is 2.10 bits per heavy atom. The van der Waals surface area contributed by atoms with E-state index in [4.69, 9.17) is 9.47 Å². The molecule has 0 unspecified atom stereocenters. The summed E-state index contributed by atoms with van der Waals surface area (Å²) in [5, 5.41) is 21.3. The summed E-state index contributed by atoms with van der Waals surface area (Å²) in [4.78, 5) is 12.7. The molecule has 2 atom stereocenters. The maximum Gasteiger partial charge on any atom is 0.315 e. The minimum atomic E-state index is -0.911. The quantitative estimate of drug-likeness (QED) is 0.277. The third kappa shape index (κ3) is 4.19. The zero-order chi connectivity index (χ0) is 21.4. The third-order valence-electron chi connectivity index (χ3n) is 6.33. The van der Waals surface area contributed by atoms with Gasteiger partial charge in [-0.2, -0.15) is 0 Å². The van der Waals surface area contributed by atoms with Crippen LogP contribution >= 0.6 is 15.9 Å². The number of benzene rings is 1. The van der Waals surface area contributed by atoms with Gasteiger partial charge in [-0.1, -0.05) is 22.0 Å². The number of phenolic OH excluding ortho intramolecular Hbond substituents is 1. The average molecular weight is 467 g/mol. The molecule has 0 amide bonds. The van der Waals surface area contributed by atoms with Gasteiger partial charge in [-0.05, 0) is 70.2 Å². The summed E-state index contributed by atoms with van der Waals surface area (Å²) < 4.78 is 11.8. The number of carbonyl (C=O) groups excluding carboxylic acids is 1. The van der Waals surface area contributed by atoms with Gasteiger partial charge in [0.05, 0.1) is 18.6 Å². The van der Waals surface area contributed by atoms with Crippen LogP contribution in [0.1, 0.15) is 64.0 Å². The first-order valence-electron chi connectivity index (χ1n) is 10.2. The van der Waals surface area contributed by atoms with Crippen molar-refractivity contribution in [2.45, 2.75) is 63.9 Å². The molecule has 1 aliphatic heterocycles. The summed E-state index contributed by atoms with van der Waals surface area (Å²) in [6, 6.07) is 3.54. The summed E-state index contributed by atoms with van der Waals surface area (Å²) in [6.45, 7) is 8.12. The zero-order valence-electron chi connectivity index (χ0n) is 17.6. The number of rotatable bonds is 6. The lowest BCUT2D eigenvalue weighted by molar-refractivity contribution is -0.149. The van der Waals surface area contributed by atoms with Crippen LogP contribution in [0.2, 0.25) is 0 Å². The molecule has 6 heteroatoms. The molecule has 0 fully saturated rings. The SMILES string of the molecule is CC(C)(C(=O)OCCCBr)c1cc(O)c2c(c1)OC(C)(C)[C@@H]1CC=C(CO)C[C@@H]21. The van der Waals surface area contributed by atoms with Crippen LogP contribution in [0.25, 0.3) is 0 Å². The van der Waals surface area contributed by atoms with E-state index in [0.29, 0.717) is 24.3 Å². The largest absolute Gasteiger partial charge is 0.508 e. The van der Waals surface area contributed by atoms with E-state index in [-0.39, 0.29) is 30.2 Å². The highest BCUT2D eigenvalue weighted by molar-refractivity contribution is 9.09. The van der Waals surface area contributed by atoms with Crippen molar-refractivity contribution in [1.82, 2.24) is 0 Å². The monoisotopic (exact) mass is 466 g/mol. The number of allylic oxidation sites excluding steroid dienone is 1. The van der Waals surface area contributed by atoms with Crippen molar-refractivity contribution in [3.63, 3.8) is 0 Å². The molecule has 0 saturated heterocycles. The summed E-state index contributed by atoms with van der Waals surface area (Å²) in [5.74, 6) is 0.720. The molecule has 0 saturated carbocycles. The lowest BCUT2D eigenvalue weighted by atomic mass is 9.66. The van der Waals surface area contributed by atoms with Crippen LogP contribution in [0.5, 0.6) is 11.5 Å². The number of carbonyl (C=O) groups is 1. The number of alkyl halides is 1. The van der Waals surface area contributed by atoms with Gasteiger partial charge in [0.15, 0.2) is 0 Å². The highest BCUT2D eigenvalue weighted by Gasteiger charge is 2.46. The van der Waals surface area contributed by atoms with Crippen LogP contribution in [0, 0.1) is 5.92 Å². The normalized spacial score (nSPS) is 22.8. The molecule has 1 aromatic carbocycles. The highest BCUT2D eigenvalue weighted by Crippen LogP contribution is 2.54. The standard InChI is InChI=1S/C23H31BrO5/c1-22(2,21(27)28-9-5-8-24)15-11-18(26)20-16-10-14(13-25)6-7-17(16)23(3,4)29-19(20)12-15/h6,11-12,16-17,25-26H,5,7-10,13H2,1-4H3/t16-,17-/m1/s1. The molecule has 5 nitrogen and oxygen atoms in total. The summed E-state index contributed by atoms with van der Waals surface area (Å²) in [6.07, 6.45) is 4.35. The Balaban J connectivity index is 1.98. The number of aliphatic hydroxyl groups is 1. The first kappa shape index (κ1) is 22.2. The van der Waals surface area contributed by atoms with Gasteiger partial charge in [-0.15, -0.1) is 0 Å². The van der Waals surface area contributed by atoms with Gasteiger partial charge in [0.25, 0.3) is 0 Å². The zero-order valence-corrected chi connectivity index (χ0v) is 19.2. The Morgan fingerprint density at radius 3 is 2.76 bits per heavy atom. The van der Waals surface area contributed by atoms with Gasteiger partial charge in [-0.3, -0.25) is 4.79 Å². The second-order valence-electron chi connectivity index (χ2n) is 9.09. The smallest absolute Gasteiger partial charge is 0.315 e. The minimum absolute atomic E-state index is 0.0337. The molecular weight excluding hydrogens is 436 g/mol. The number of hydrogen-bond donors (Lipinski definition) is 2. The van der Waals surface area contributed by atoms with Crippen molar-refractivity contribution in [3.8, 4) is 11.5 Å². The van der Waals surface area contributed by atoms with Crippen molar-refractivity contribution in [2.75, 3.05) is 18.5 Å². The Morgan fingerprint density at radius 1 is 1.38 bits per heavy atom. The molecule has 29 heavy (non-hydrogen) atoms. The number of halogens is 1. The number of fused-ring (bicyclic) bond motifs is 3. The molecule has 1 heterocycles. The summed E-state index contributed by atoms with van der Waals surface area (Å²) >= 11 is 3.33. The fourth-order valence-corrected chi connectivity index (χ4v) is 4.70. The molecule has 0 aromatic heterocycles. The summed E-state index contributed by atoms with van der Waals surface area (Å²) in [7, 11) is 0. The first-order valence-corrected chi connectivity index (χ1v) is 11.3. The maximum atomic E-state index is 12.7. The van der Waals surface area contributed by atoms with Crippen LogP contribution in [0.4, 0.5) is 0 Å². The van der Waals surface area contributed by atoms with E-state index in [0.717, 1.165) is 29.3 Å². The second kappa shape index (κ2) is 8.31. The minimum Gasteiger partial charge on any atom is -0.508 e. The van der Waals surface area contributed by atoms with Gasteiger partial charge in [0, 0.05) is 22.7 Å². The highest BCUT2D eigenvalue weighted by atomic mass is 79.9. The topological polar surface area (TPSA) is 76.0 Å². The lowest BCUT2D eigenvalue weighted by Crippen LogP contribution is -2.45. The first-order chi connectivity index (χ1) is 13.6. The lowest BCUT2D eigenvalue weighted by Gasteiger charge is -2.47. The Hall–Kier alpha value is -1.53. The average Bonchev–Trinajstić information content (AvgIpc) is 2.66. The fraction of sp³-hybridized carbons (Fsp3) is 0.609. The fourth-order valence-electron chi connectivity index (χ4n) is 4.47. The van der Waals surface area contributed by atoms with E-state index in [2.05, 4.69) is 35.9 Å². The Labute approximate surface area is 181 Å². The van der Waals surface area contributed by atoms with Crippen LogP contribution in [-0.4, -0.2) is 40.3 Å². The Bertz CT molecular complexity index is 812. The number of aromatic hydroxyl groups is 1. The number of aliphatic hydroxyl groups excluding tert-OH is 1. The van der Waals surface area contributed by atoms with Crippen molar-refractivity contribution in [3.05, 3.63) is 34.9 Å². The van der Waals surface area contributed by atoms with Crippen LogP contribution in [0.15, 0.2) is 23.8 Å². The number of ether oxygens (including phenoxy) is 2. The predicted octanol–water partition coefficient (Wildman–Crippen LogP) is 4.58. The molecule has 160 valence electrons. The molecule has 0 bridgehead atoms. The molecule has 0 spiro atoms. The van der Waals surface area contributed by atoms with Gasteiger partial charge in [0.1, 0.15) is 17.1 Å². The van der Waals surface area contributed by atoms with Gasteiger partial charge in [-0.25, -0.2) is 0 Å².